The maximum atomic E-state index is 4.79. The molecule has 0 aliphatic rings. The zero-order valence-corrected chi connectivity index (χ0v) is 17.0. The molecule has 5 heteroatoms. The minimum Gasteiger partial charge on any atom is -0.186 e. The van der Waals surface area contributed by atoms with E-state index in [1.807, 2.05) is 4.52 Å². The molecule has 4 aromatic rings. The molecule has 138 valence electrons. The second-order valence-corrected chi connectivity index (χ2v) is 8.54. The Balaban J connectivity index is 1.64. The molecule has 0 spiro atoms. The first-order valence-corrected chi connectivity index (χ1v) is 10.2. The molecule has 2 aromatic carbocycles. The molecule has 0 bridgehead atoms. The average molecular weight is 377 g/mol. The molecule has 2 heterocycles. The van der Waals surface area contributed by atoms with Crippen molar-refractivity contribution in [2.45, 2.75) is 40.0 Å². The lowest BCUT2D eigenvalue weighted by molar-refractivity contribution is 0.647. The quantitative estimate of drug-likeness (QED) is 0.461. The molecule has 4 nitrogen and oxygen atoms in total. The SMILES string of the molecule is Cc1ccc(-c2nn3c(C(C)c4ccc(CC(C)C)cc4)nnc3s2)cc1. The highest BCUT2D eigenvalue weighted by molar-refractivity contribution is 7.19. The topological polar surface area (TPSA) is 43.1 Å². The van der Waals surface area contributed by atoms with Gasteiger partial charge >= 0.3 is 0 Å². The molecule has 0 aliphatic heterocycles. The lowest BCUT2D eigenvalue weighted by Crippen LogP contribution is -2.04. The summed E-state index contributed by atoms with van der Waals surface area (Å²) >= 11 is 1.58. The molecule has 0 N–H and O–H groups in total. The average Bonchev–Trinajstić information content (AvgIpc) is 3.22. The molecule has 0 saturated heterocycles. The predicted octanol–water partition coefficient (Wildman–Crippen LogP) is 5.51. The largest absolute Gasteiger partial charge is 0.235 e. The first-order valence-electron chi connectivity index (χ1n) is 9.39. The monoisotopic (exact) mass is 376 g/mol. The standard InChI is InChI=1S/C22H24N4S/c1-14(2)13-17-7-11-18(12-8-17)16(4)20-23-24-22-26(20)25-21(27-22)19-9-5-15(3)6-10-19/h5-12,14,16H,13H2,1-4H3. The Labute approximate surface area is 163 Å². The third-order valence-corrected chi connectivity index (χ3v) is 5.77. The van der Waals surface area contributed by atoms with Crippen LogP contribution in [0, 0.1) is 12.8 Å². The van der Waals surface area contributed by atoms with Crippen LogP contribution in [-0.4, -0.2) is 19.8 Å². The molecule has 1 atom stereocenters. The van der Waals surface area contributed by atoms with Gasteiger partial charge in [0.1, 0.15) is 5.01 Å². The van der Waals surface area contributed by atoms with E-state index in [0.29, 0.717) is 5.92 Å². The van der Waals surface area contributed by atoms with Crippen LogP contribution in [0.4, 0.5) is 0 Å². The fourth-order valence-electron chi connectivity index (χ4n) is 3.28. The normalized spacial score (nSPS) is 12.8. The summed E-state index contributed by atoms with van der Waals surface area (Å²) in [7, 11) is 0. The van der Waals surface area contributed by atoms with E-state index in [-0.39, 0.29) is 5.92 Å². The highest BCUT2D eigenvalue weighted by atomic mass is 32.1. The molecule has 27 heavy (non-hydrogen) atoms. The Bertz CT molecular complexity index is 1040. The summed E-state index contributed by atoms with van der Waals surface area (Å²) in [6, 6.07) is 17.3. The Morgan fingerprint density at radius 3 is 2.30 bits per heavy atom. The maximum Gasteiger partial charge on any atom is 0.235 e. The van der Waals surface area contributed by atoms with Crippen molar-refractivity contribution in [3.63, 3.8) is 0 Å². The van der Waals surface area contributed by atoms with E-state index in [1.54, 1.807) is 11.3 Å². The summed E-state index contributed by atoms with van der Waals surface area (Å²) in [6.07, 6.45) is 1.11. The summed E-state index contributed by atoms with van der Waals surface area (Å²) < 4.78 is 1.90. The van der Waals surface area contributed by atoms with E-state index in [9.17, 15) is 0 Å². The van der Waals surface area contributed by atoms with Crippen molar-refractivity contribution in [3.8, 4) is 10.6 Å². The van der Waals surface area contributed by atoms with Gasteiger partial charge in [0.25, 0.3) is 0 Å². The molecule has 0 saturated carbocycles. The third kappa shape index (κ3) is 3.65. The van der Waals surface area contributed by atoms with Crippen molar-refractivity contribution in [2.75, 3.05) is 0 Å². The van der Waals surface area contributed by atoms with Gasteiger partial charge in [0, 0.05) is 11.5 Å². The minimum atomic E-state index is 0.140. The van der Waals surface area contributed by atoms with Gasteiger partial charge in [-0.2, -0.15) is 9.61 Å². The van der Waals surface area contributed by atoms with Crippen molar-refractivity contribution >= 4 is 16.3 Å². The number of rotatable bonds is 5. The number of nitrogens with zero attached hydrogens (tertiary/aromatic N) is 4. The van der Waals surface area contributed by atoms with E-state index in [1.165, 1.54) is 16.7 Å². The lowest BCUT2D eigenvalue weighted by Gasteiger charge is -2.11. The Kier molecular flexibility index (Phi) is 4.79. The maximum absolute atomic E-state index is 4.79. The zero-order valence-electron chi connectivity index (χ0n) is 16.2. The van der Waals surface area contributed by atoms with Gasteiger partial charge in [-0.25, -0.2) is 0 Å². The second kappa shape index (κ2) is 7.24. The van der Waals surface area contributed by atoms with Crippen LogP contribution >= 0.6 is 11.3 Å². The number of fused-ring (bicyclic) bond motifs is 1. The van der Waals surface area contributed by atoms with Crippen LogP contribution in [-0.2, 0) is 6.42 Å². The van der Waals surface area contributed by atoms with Gasteiger partial charge in [-0.15, -0.1) is 10.2 Å². The van der Waals surface area contributed by atoms with Crippen LogP contribution in [0.15, 0.2) is 48.5 Å². The summed E-state index contributed by atoms with van der Waals surface area (Å²) in [6.45, 7) is 8.75. The molecular weight excluding hydrogens is 352 g/mol. The fourth-order valence-corrected chi connectivity index (χ4v) is 4.13. The van der Waals surface area contributed by atoms with Crippen LogP contribution < -0.4 is 0 Å². The van der Waals surface area contributed by atoms with E-state index in [2.05, 4.69) is 86.4 Å². The molecule has 0 fully saturated rings. The summed E-state index contributed by atoms with van der Waals surface area (Å²) in [5, 5.41) is 14.5. The molecule has 0 radical (unpaired) electrons. The molecular formula is C22H24N4S. The highest BCUT2D eigenvalue weighted by Gasteiger charge is 2.19. The van der Waals surface area contributed by atoms with Crippen molar-refractivity contribution < 1.29 is 0 Å². The number of aryl methyl sites for hydroxylation is 1. The first-order chi connectivity index (χ1) is 13.0. The van der Waals surface area contributed by atoms with Gasteiger partial charge in [0.05, 0.1) is 0 Å². The zero-order chi connectivity index (χ0) is 19.0. The highest BCUT2D eigenvalue weighted by Crippen LogP contribution is 2.29. The van der Waals surface area contributed by atoms with E-state index >= 15 is 0 Å². The summed E-state index contributed by atoms with van der Waals surface area (Å²) in [5.41, 5.74) is 4.98. The van der Waals surface area contributed by atoms with E-state index in [4.69, 9.17) is 5.10 Å². The van der Waals surface area contributed by atoms with Crippen molar-refractivity contribution in [2.24, 2.45) is 5.92 Å². The molecule has 4 rings (SSSR count). The first kappa shape index (κ1) is 17.9. The van der Waals surface area contributed by atoms with Crippen LogP contribution in [0.2, 0.25) is 0 Å². The Morgan fingerprint density at radius 2 is 1.63 bits per heavy atom. The van der Waals surface area contributed by atoms with Gasteiger partial charge < -0.3 is 0 Å². The Hall–Kier alpha value is -2.53. The van der Waals surface area contributed by atoms with Crippen LogP contribution in [0.1, 0.15) is 49.2 Å². The van der Waals surface area contributed by atoms with Gasteiger partial charge in [-0.1, -0.05) is 86.2 Å². The molecule has 0 amide bonds. The molecule has 1 unspecified atom stereocenters. The number of aromatic nitrogens is 4. The number of hydrogen-bond donors (Lipinski definition) is 0. The number of benzene rings is 2. The van der Waals surface area contributed by atoms with Gasteiger partial charge in [0.15, 0.2) is 5.82 Å². The summed E-state index contributed by atoms with van der Waals surface area (Å²) in [4.78, 5) is 0.837. The van der Waals surface area contributed by atoms with Crippen LogP contribution in [0.5, 0.6) is 0 Å². The fraction of sp³-hybridized carbons (Fsp3) is 0.318. The van der Waals surface area contributed by atoms with Crippen molar-refractivity contribution in [1.82, 2.24) is 19.8 Å². The molecule has 0 aliphatic carbocycles. The van der Waals surface area contributed by atoms with Crippen molar-refractivity contribution in [3.05, 3.63) is 71.0 Å². The van der Waals surface area contributed by atoms with Crippen LogP contribution in [0.3, 0.4) is 0 Å². The third-order valence-electron chi connectivity index (χ3n) is 4.82. The van der Waals surface area contributed by atoms with E-state index in [0.717, 1.165) is 27.8 Å². The second-order valence-electron chi connectivity index (χ2n) is 7.59. The minimum absolute atomic E-state index is 0.140. The molecule has 2 aromatic heterocycles. The lowest BCUT2D eigenvalue weighted by atomic mass is 9.96. The van der Waals surface area contributed by atoms with Gasteiger partial charge in [-0.3, -0.25) is 0 Å². The summed E-state index contributed by atoms with van der Waals surface area (Å²) in [5.74, 6) is 1.69. The predicted molar refractivity (Wildman–Crippen MR) is 111 cm³/mol. The van der Waals surface area contributed by atoms with Gasteiger partial charge in [0.2, 0.25) is 4.96 Å². The van der Waals surface area contributed by atoms with Gasteiger partial charge in [-0.05, 0) is 30.4 Å². The number of hydrogen-bond acceptors (Lipinski definition) is 4. The smallest absolute Gasteiger partial charge is 0.186 e. The van der Waals surface area contributed by atoms with Crippen molar-refractivity contribution in [1.29, 1.82) is 0 Å². The van der Waals surface area contributed by atoms with Crippen LogP contribution in [0.25, 0.3) is 15.5 Å². The Morgan fingerprint density at radius 1 is 0.926 bits per heavy atom. The van der Waals surface area contributed by atoms with E-state index < -0.39 is 0 Å².